The normalized spacial score (nSPS) is 17.3. The standard InChI is InChI=1S/C28H38N4O9/c1-15(2)10-21(31-26(36)22-12-18-19(29-22)6-5-7-24(18)40-4)25(35)30-20(23(34)13-33)11-17-8-9-32(27(17)37)16(3)14-41-28(38)39/h5-7,12,15-17,20-21,29,33H,8-11,13-14H2,1-4H3,(H,30,35)(H,31,36)(H,38,39)/t16-,17-,20-,21-/m0/s1. The van der Waals surface area contributed by atoms with Gasteiger partial charge in [0, 0.05) is 23.4 Å². The van der Waals surface area contributed by atoms with Gasteiger partial charge in [0.1, 0.15) is 30.7 Å². The van der Waals surface area contributed by atoms with E-state index in [0.717, 1.165) is 0 Å². The van der Waals surface area contributed by atoms with Gasteiger partial charge in [-0.1, -0.05) is 19.9 Å². The zero-order chi connectivity index (χ0) is 30.3. The fraction of sp³-hybridized carbons (Fsp3) is 0.536. The van der Waals surface area contributed by atoms with Crippen LogP contribution in [0.25, 0.3) is 10.9 Å². The number of H-pyrrole nitrogens is 1. The van der Waals surface area contributed by atoms with Crippen molar-refractivity contribution in [1.29, 1.82) is 0 Å². The topological polar surface area (TPSA) is 187 Å². The number of nitrogens with one attached hydrogen (secondary N) is 3. The van der Waals surface area contributed by atoms with Crippen LogP contribution in [0.4, 0.5) is 4.79 Å². The Morgan fingerprint density at radius 3 is 2.51 bits per heavy atom. The molecule has 1 saturated heterocycles. The molecule has 5 N–H and O–H groups in total. The molecule has 1 aliphatic heterocycles. The van der Waals surface area contributed by atoms with Crippen molar-refractivity contribution in [3.05, 3.63) is 30.0 Å². The lowest BCUT2D eigenvalue weighted by molar-refractivity contribution is -0.135. The van der Waals surface area contributed by atoms with Gasteiger partial charge in [-0.15, -0.1) is 0 Å². The van der Waals surface area contributed by atoms with Gasteiger partial charge in [0.05, 0.1) is 19.2 Å². The van der Waals surface area contributed by atoms with Gasteiger partial charge in [0.2, 0.25) is 11.8 Å². The van der Waals surface area contributed by atoms with Crippen LogP contribution in [0.15, 0.2) is 24.3 Å². The van der Waals surface area contributed by atoms with E-state index < -0.39 is 54.4 Å². The molecule has 0 aliphatic carbocycles. The molecule has 3 rings (SSSR count). The Morgan fingerprint density at radius 1 is 1.15 bits per heavy atom. The first-order chi connectivity index (χ1) is 19.4. The fourth-order valence-corrected chi connectivity index (χ4v) is 5.01. The van der Waals surface area contributed by atoms with E-state index in [-0.39, 0.29) is 37.0 Å². The van der Waals surface area contributed by atoms with Gasteiger partial charge in [-0.3, -0.25) is 19.2 Å². The number of benzene rings is 1. The van der Waals surface area contributed by atoms with Gasteiger partial charge in [-0.25, -0.2) is 4.79 Å². The number of Topliss-reactive ketones (excluding diaryl/α,β-unsaturated/α-hetero) is 1. The van der Waals surface area contributed by atoms with Gasteiger partial charge in [0.15, 0.2) is 5.78 Å². The second-order valence-electron chi connectivity index (χ2n) is 10.6. The van der Waals surface area contributed by atoms with E-state index in [4.69, 9.17) is 9.84 Å². The Bertz CT molecular complexity index is 1270. The number of aliphatic hydroxyl groups excluding tert-OH is 1. The molecule has 0 spiro atoms. The first-order valence-corrected chi connectivity index (χ1v) is 13.5. The molecule has 2 aromatic rings. The van der Waals surface area contributed by atoms with Crippen LogP contribution < -0.4 is 15.4 Å². The number of aliphatic hydroxyl groups is 1. The van der Waals surface area contributed by atoms with Crippen molar-refractivity contribution >= 4 is 40.6 Å². The predicted octanol–water partition coefficient (Wildman–Crippen LogP) is 1.69. The molecule has 1 aliphatic rings. The monoisotopic (exact) mass is 574 g/mol. The zero-order valence-electron chi connectivity index (χ0n) is 23.6. The van der Waals surface area contributed by atoms with Crippen LogP contribution in [0.3, 0.4) is 0 Å². The molecular formula is C28H38N4O9. The Kier molecular flexibility index (Phi) is 10.7. The van der Waals surface area contributed by atoms with Gasteiger partial charge < -0.3 is 40.2 Å². The number of amides is 3. The van der Waals surface area contributed by atoms with Crippen LogP contribution in [0.2, 0.25) is 0 Å². The summed E-state index contributed by atoms with van der Waals surface area (Å²) in [5, 5.41) is 24.4. The van der Waals surface area contributed by atoms with E-state index in [2.05, 4.69) is 20.4 Å². The molecule has 1 fully saturated rings. The lowest BCUT2D eigenvalue weighted by atomic mass is 9.95. The third-order valence-corrected chi connectivity index (χ3v) is 7.13. The summed E-state index contributed by atoms with van der Waals surface area (Å²) in [6.45, 7) is 4.74. The highest BCUT2D eigenvalue weighted by atomic mass is 16.7. The summed E-state index contributed by atoms with van der Waals surface area (Å²) in [5.74, 6) is -2.11. The van der Waals surface area contributed by atoms with Crippen molar-refractivity contribution in [3.8, 4) is 5.75 Å². The summed E-state index contributed by atoms with van der Waals surface area (Å²) in [4.78, 5) is 67.3. The Hall–Kier alpha value is -4.13. The van der Waals surface area contributed by atoms with Crippen molar-refractivity contribution in [2.45, 2.75) is 58.2 Å². The van der Waals surface area contributed by atoms with Crippen molar-refractivity contribution in [1.82, 2.24) is 20.5 Å². The van der Waals surface area contributed by atoms with Crippen molar-refractivity contribution in [2.24, 2.45) is 11.8 Å². The number of ether oxygens (including phenoxy) is 2. The first kappa shape index (κ1) is 31.4. The third kappa shape index (κ3) is 7.97. The molecule has 4 atom stereocenters. The van der Waals surface area contributed by atoms with Gasteiger partial charge >= 0.3 is 6.16 Å². The molecule has 0 bridgehead atoms. The second-order valence-corrected chi connectivity index (χ2v) is 10.6. The second kappa shape index (κ2) is 14.0. The molecule has 13 nitrogen and oxygen atoms in total. The third-order valence-electron chi connectivity index (χ3n) is 7.13. The van der Waals surface area contributed by atoms with E-state index >= 15 is 0 Å². The highest BCUT2D eigenvalue weighted by Gasteiger charge is 2.38. The van der Waals surface area contributed by atoms with Gasteiger partial charge in [-0.05, 0) is 50.3 Å². The van der Waals surface area contributed by atoms with Crippen LogP contribution in [-0.4, -0.2) is 94.8 Å². The smallest absolute Gasteiger partial charge is 0.496 e. The number of carbonyl (C=O) groups is 5. The maximum absolute atomic E-state index is 13.4. The average molecular weight is 575 g/mol. The number of nitrogens with zero attached hydrogens (tertiary/aromatic N) is 1. The first-order valence-electron chi connectivity index (χ1n) is 13.5. The Morgan fingerprint density at radius 2 is 1.88 bits per heavy atom. The summed E-state index contributed by atoms with van der Waals surface area (Å²) in [6, 6.07) is 4.33. The number of hydrogen-bond donors (Lipinski definition) is 5. The van der Waals surface area contributed by atoms with Crippen LogP contribution in [0, 0.1) is 11.8 Å². The lowest BCUT2D eigenvalue weighted by Gasteiger charge is -2.26. The predicted molar refractivity (Wildman–Crippen MR) is 147 cm³/mol. The number of aromatic amines is 1. The minimum absolute atomic E-state index is 0.0142. The van der Waals surface area contributed by atoms with Crippen molar-refractivity contribution < 1.29 is 43.7 Å². The molecule has 2 heterocycles. The van der Waals surface area contributed by atoms with E-state index in [1.807, 2.05) is 13.8 Å². The van der Waals surface area contributed by atoms with Crippen molar-refractivity contribution in [2.75, 3.05) is 26.9 Å². The number of rotatable bonds is 14. The molecular weight excluding hydrogens is 536 g/mol. The zero-order valence-corrected chi connectivity index (χ0v) is 23.6. The summed E-state index contributed by atoms with van der Waals surface area (Å²) >= 11 is 0. The molecule has 1 aromatic carbocycles. The van der Waals surface area contributed by atoms with Gasteiger partial charge in [0.25, 0.3) is 5.91 Å². The quantitative estimate of drug-likeness (QED) is 0.209. The molecule has 3 amide bonds. The number of fused-ring (bicyclic) bond motifs is 1. The number of carboxylic acid groups (broad SMARTS) is 1. The maximum atomic E-state index is 13.4. The number of likely N-dealkylation sites (tertiary alicyclic amines) is 1. The molecule has 0 saturated carbocycles. The molecule has 0 unspecified atom stereocenters. The Balaban J connectivity index is 1.71. The van der Waals surface area contributed by atoms with Crippen LogP contribution in [0.5, 0.6) is 5.75 Å². The average Bonchev–Trinajstić information content (AvgIpc) is 3.53. The fourth-order valence-electron chi connectivity index (χ4n) is 5.01. The number of aromatic nitrogens is 1. The maximum Gasteiger partial charge on any atom is 0.505 e. The van der Waals surface area contributed by atoms with E-state index in [1.54, 1.807) is 31.2 Å². The minimum Gasteiger partial charge on any atom is -0.496 e. The van der Waals surface area contributed by atoms with Crippen LogP contribution in [-0.2, 0) is 19.1 Å². The van der Waals surface area contributed by atoms with Crippen LogP contribution >= 0.6 is 0 Å². The summed E-state index contributed by atoms with van der Waals surface area (Å²) in [5.41, 5.74) is 0.916. The Labute approximate surface area is 237 Å². The molecule has 1 aromatic heterocycles. The lowest BCUT2D eigenvalue weighted by Crippen LogP contribution is -2.53. The highest BCUT2D eigenvalue weighted by molar-refractivity contribution is 6.02. The minimum atomic E-state index is -1.44. The molecule has 41 heavy (non-hydrogen) atoms. The highest BCUT2D eigenvalue weighted by Crippen LogP contribution is 2.27. The summed E-state index contributed by atoms with van der Waals surface area (Å²) in [6.07, 6.45) is -0.823. The van der Waals surface area contributed by atoms with Crippen molar-refractivity contribution in [3.63, 3.8) is 0 Å². The number of carbonyl (C=O) groups excluding carboxylic acids is 4. The number of methoxy groups -OCH3 is 1. The number of ketones is 1. The van der Waals surface area contributed by atoms with E-state index in [1.165, 1.54) is 12.0 Å². The molecule has 224 valence electrons. The number of hydrogen-bond acceptors (Lipinski definition) is 8. The largest absolute Gasteiger partial charge is 0.505 e. The van der Waals surface area contributed by atoms with Gasteiger partial charge in [-0.2, -0.15) is 0 Å². The molecule has 0 radical (unpaired) electrons. The van der Waals surface area contributed by atoms with E-state index in [9.17, 15) is 29.1 Å². The summed E-state index contributed by atoms with van der Waals surface area (Å²) in [7, 11) is 1.53. The SMILES string of the molecule is COc1cccc2[nH]c(C(=O)N[C@@H](CC(C)C)C(=O)N[C@@H](C[C@@H]3CCN([C@@H](C)COC(=O)O)C3=O)C(=O)CO)cc12. The van der Waals surface area contributed by atoms with Crippen LogP contribution in [0.1, 0.15) is 50.5 Å². The van der Waals surface area contributed by atoms with E-state index in [0.29, 0.717) is 29.6 Å². The molecule has 13 heteroatoms. The summed E-state index contributed by atoms with van der Waals surface area (Å²) < 4.78 is 9.92.